The second-order valence-corrected chi connectivity index (χ2v) is 8.29. The summed E-state index contributed by atoms with van der Waals surface area (Å²) in [6.45, 7) is 2.09. The molecule has 0 bridgehead atoms. The fraction of sp³-hybridized carbons (Fsp3) is 0.238. The van der Waals surface area contributed by atoms with Crippen LogP contribution in [0.25, 0.3) is 44.2 Å². The molecule has 6 heterocycles. The Balaban J connectivity index is 1.48. The van der Waals surface area contributed by atoms with Gasteiger partial charge < -0.3 is 10.3 Å². The van der Waals surface area contributed by atoms with Gasteiger partial charge in [-0.3, -0.25) is 5.10 Å². The molecule has 0 saturated carbocycles. The molecule has 6 rings (SSSR count). The number of fused-ring (bicyclic) bond motifs is 2. The minimum absolute atomic E-state index is 0.492. The van der Waals surface area contributed by atoms with Gasteiger partial charge in [0.25, 0.3) is 0 Å². The van der Waals surface area contributed by atoms with Gasteiger partial charge in [-0.25, -0.2) is 15.0 Å². The number of rotatable bonds is 3. The van der Waals surface area contributed by atoms with Gasteiger partial charge in [-0.05, 0) is 55.6 Å². The second-order valence-electron chi connectivity index (χ2n) is 7.35. The summed E-state index contributed by atoms with van der Waals surface area (Å²) in [7, 11) is 0. The van der Waals surface area contributed by atoms with Crippen LogP contribution in [0.15, 0.2) is 41.9 Å². The number of nitrogens with zero attached hydrogens (tertiary/aromatic N) is 4. The number of H-pyrrole nitrogens is 2. The molecule has 1 aliphatic rings. The standard InChI is InChI=1S/C21H19N7S/c1-2-16(29-11-1)13-7-10-23-20-17(13)25-21(26-20)19-18-15(27-28-19)4-3-14(24-18)12-5-8-22-9-6-12/h1-4,7,10-12,22H,5-6,8-9H2,(H,27,28)(H,23,25,26). The highest BCUT2D eigenvalue weighted by Crippen LogP contribution is 2.33. The molecule has 0 amide bonds. The largest absolute Gasteiger partial charge is 0.321 e. The molecule has 0 spiro atoms. The number of pyridine rings is 2. The molecule has 1 saturated heterocycles. The topological polar surface area (TPSA) is 95.2 Å². The number of aromatic nitrogens is 6. The Labute approximate surface area is 170 Å². The summed E-state index contributed by atoms with van der Waals surface area (Å²) in [4.78, 5) is 18.8. The van der Waals surface area contributed by atoms with Gasteiger partial charge in [0.2, 0.25) is 0 Å². The maximum atomic E-state index is 4.98. The molecule has 3 N–H and O–H groups in total. The van der Waals surface area contributed by atoms with Crippen LogP contribution >= 0.6 is 11.3 Å². The van der Waals surface area contributed by atoms with Crippen molar-refractivity contribution in [1.29, 1.82) is 0 Å². The average Bonchev–Trinajstić information content (AvgIpc) is 3.52. The quantitative estimate of drug-likeness (QED) is 0.423. The molecular weight excluding hydrogens is 382 g/mol. The number of hydrogen-bond acceptors (Lipinski definition) is 6. The first-order valence-corrected chi connectivity index (χ1v) is 10.7. The lowest BCUT2D eigenvalue weighted by Gasteiger charge is -2.22. The summed E-state index contributed by atoms with van der Waals surface area (Å²) in [5.41, 5.74) is 6.35. The molecule has 1 fully saturated rings. The fourth-order valence-corrected chi connectivity index (χ4v) is 4.83. The normalized spacial score (nSPS) is 15.4. The van der Waals surface area contributed by atoms with E-state index in [1.807, 2.05) is 18.3 Å². The van der Waals surface area contributed by atoms with Crippen molar-refractivity contribution >= 4 is 33.5 Å². The number of thiophene rings is 1. The molecule has 0 aliphatic carbocycles. The smallest absolute Gasteiger partial charge is 0.162 e. The first-order chi connectivity index (χ1) is 14.4. The summed E-state index contributed by atoms with van der Waals surface area (Å²) in [6, 6.07) is 10.4. The summed E-state index contributed by atoms with van der Waals surface area (Å²) < 4.78 is 0. The highest BCUT2D eigenvalue weighted by Gasteiger charge is 2.20. The van der Waals surface area contributed by atoms with E-state index < -0.39 is 0 Å². The van der Waals surface area contributed by atoms with Crippen LogP contribution in [-0.4, -0.2) is 43.2 Å². The van der Waals surface area contributed by atoms with Gasteiger partial charge >= 0.3 is 0 Å². The van der Waals surface area contributed by atoms with E-state index in [1.165, 1.54) is 4.88 Å². The minimum atomic E-state index is 0.492. The molecule has 0 atom stereocenters. The molecule has 5 aromatic heterocycles. The predicted molar refractivity (Wildman–Crippen MR) is 115 cm³/mol. The third-order valence-electron chi connectivity index (χ3n) is 5.58. The zero-order valence-electron chi connectivity index (χ0n) is 15.6. The van der Waals surface area contributed by atoms with Crippen molar-refractivity contribution < 1.29 is 0 Å². The molecule has 144 valence electrons. The minimum Gasteiger partial charge on any atom is -0.321 e. The van der Waals surface area contributed by atoms with E-state index in [-0.39, 0.29) is 0 Å². The molecule has 0 radical (unpaired) electrons. The van der Waals surface area contributed by atoms with E-state index in [0.29, 0.717) is 11.7 Å². The van der Waals surface area contributed by atoms with Crippen LogP contribution in [0.3, 0.4) is 0 Å². The Morgan fingerprint density at radius 1 is 1.00 bits per heavy atom. The number of hydrogen-bond donors (Lipinski definition) is 3. The van der Waals surface area contributed by atoms with Crippen LogP contribution in [0.1, 0.15) is 24.5 Å². The molecule has 8 heteroatoms. The molecule has 29 heavy (non-hydrogen) atoms. The number of nitrogens with one attached hydrogen (secondary N) is 3. The van der Waals surface area contributed by atoms with E-state index in [9.17, 15) is 0 Å². The van der Waals surface area contributed by atoms with Gasteiger partial charge in [0.15, 0.2) is 17.2 Å². The maximum Gasteiger partial charge on any atom is 0.162 e. The third-order valence-corrected chi connectivity index (χ3v) is 6.49. The Kier molecular flexibility index (Phi) is 3.92. The van der Waals surface area contributed by atoms with Gasteiger partial charge in [0.05, 0.1) is 5.52 Å². The van der Waals surface area contributed by atoms with Crippen molar-refractivity contribution in [3.63, 3.8) is 0 Å². The van der Waals surface area contributed by atoms with Crippen LogP contribution in [0.5, 0.6) is 0 Å². The molecule has 1 aliphatic heterocycles. The van der Waals surface area contributed by atoms with E-state index in [1.54, 1.807) is 11.3 Å². The van der Waals surface area contributed by atoms with Gasteiger partial charge in [-0.1, -0.05) is 6.07 Å². The predicted octanol–water partition coefficient (Wildman–Crippen LogP) is 4.09. The Bertz CT molecular complexity index is 1300. The van der Waals surface area contributed by atoms with Gasteiger partial charge in [-0.2, -0.15) is 5.10 Å². The fourth-order valence-electron chi connectivity index (χ4n) is 4.08. The molecule has 7 nitrogen and oxygen atoms in total. The van der Waals surface area contributed by atoms with Crippen molar-refractivity contribution in [2.75, 3.05) is 13.1 Å². The van der Waals surface area contributed by atoms with Crippen molar-refractivity contribution in [1.82, 2.24) is 35.5 Å². The van der Waals surface area contributed by atoms with E-state index in [4.69, 9.17) is 9.97 Å². The van der Waals surface area contributed by atoms with Crippen LogP contribution in [0.2, 0.25) is 0 Å². The number of piperidine rings is 1. The molecule has 0 unspecified atom stereocenters. The van der Waals surface area contributed by atoms with Crippen LogP contribution in [-0.2, 0) is 0 Å². The van der Waals surface area contributed by atoms with Crippen LogP contribution in [0, 0.1) is 0 Å². The average molecular weight is 401 g/mol. The highest BCUT2D eigenvalue weighted by molar-refractivity contribution is 7.13. The van der Waals surface area contributed by atoms with Crippen molar-refractivity contribution in [2.24, 2.45) is 0 Å². The second kappa shape index (κ2) is 6.75. The maximum absolute atomic E-state index is 4.98. The lowest BCUT2D eigenvalue weighted by atomic mass is 9.94. The monoisotopic (exact) mass is 401 g/mol. The molecule has 0 aromatic carbocycles. The summed E-state index contributed by atoms with van der Waals surface area (Å²) in [6.07, 6.45) is 4.05. The SMILES string of the molecule is c1csc(-c2ccnc3[nH]c(-c4n[nH]c5ccc(C6CCNCC6)nc45)nc23)c1. The van der Waals surface area contributed by atoms with E-state index in [0.717, 1.165) is 65.1 Å². The van der Waals surface area contributed by atoms with Crippen molar-refractivity contribution in [3.8, 4) is 22.0 Å². The number of imidazole rings is 1. The van der Waals surface area contributed by atoms with Gasteiger partial charge in [0.1, 0.15) is 11.0 Å². The Hall–Kier alpha value is -3.10. The third kappa shape index (κ3) is 2.83. The lowest BCUT2D eigenvalue weighted by molar-refractivity contribution is 0.454. The first kappa shape index (κ1) is 16.8. The van der Waals surface area contributed by atoms with E-state index in [2.05, 4.69) is 49.1 Å². The summed E-state index contributed by atoms with van der Waals surface area (Å²) in [5, 5.41) is 13.1. The zero-order valence-corrected chi connectivity index (χ0v) is 16.5. The first-order valence-electron chi connectivity index (χ1n) is 9.81. The Morgan fingerprint density at radius 3 is 2.79 bits per heavy atom. The molecule has 5 aromatic rings. The summed E-state index contributed by atoms with van der Waals surface area (Å²) >= 11 is 1.70. The van der Waals surface area contributed by atoms with E-state index >= 15 is 0 Å². The molecular formula is C21H19N7S. The van der Waals surface area contributed by atoms with Crippen LogP contribution < -0.4 is 5.32 Å². The lowest BCUT2D eigenvalue weighted by Crippen LogP contribution is -2.27. The van der Waals surface area contributed by atoms with Crippen LogP contribution in [0.4, 0.5) is 0 Å². The summed E-state index contributed by atoms with van der Waals surface area (Å²) in [5.74, 6) is 1.18. The highest BCUT2D eigenvalue weighted by atomic mass is 32.1. The zero-order chi connectivity index (χ0) is 19.2. The van der Waals surface area contributed by atoms with Gasteiger partial charge in [0, 0.05) is 28.2 Å². The van der Waals surface area contributed by atoms with Crippen molar-refractivity contribution in [2.45, 2.75) is 18.8 Å². The van der Waals surface area contributed by atoms with Crippen molar-refractivity contribution in [3.05, 3.63) is 47.6 Å². The Morgan fingerprint density at radius 2 is 1.93 bits per heavy atom. The van der Waals surface area contributed by atoms with Gasteiger partial charge in [-0.15, -0.1) is 11.3 Å². The number of aromatic amines is 2.